The number of carboxylic acid groups (broad SMARTS) is 1. The molecule has 0 radical (unpaired) electrons. The lowest BCUT2D eigenvalue weighted by Gasteiger charge is -2.34. The molecule has 5 heteroatoms. The predicted molar refractivity (Wildman–Crippen MR) is 78.0 cm³/mol. The summed E-state index contributed by atoms with van der Waals surface area (Å²) in [6.45, 7) is 4.83. The number of rotatable bonds is 4. The van der Waals surface area contributed by atoms with E-state index in [1.54, 1.807) is 4.90 Å². The van der Waals surface area contributed by atoms with Gasteiger partial charge in [0.15, 0.2) is 6.10 Å². The molecular formula is C16H21NO4. The lowest BCUT2D eigenvalue weighted by molar-refractivity contribution is -0.160. The maximum Gasteiger partial charge on any atom is 0.334 e. The molecule has 0 bridgehead atoms. The largest absolute Gasteiger partial charge is 0.479 e. The van der Waals surface area contributed by atoms with Crippen LogP contribution in [-0.2, 0) is 14.3 Å². The molecule has 0 aromatic heterocycles. The number of benzene rings is 1. The van der Waals surface area contributed by atoms with E-state index in [9.17, 15) is 9.59 Å². The molecule has 1 heterocycles. The summed E-state index contributed by atoms with van der Waals surface area (Å²) in [5.41, 5.74) is 0.968. The highest BCUT2D eigenvalue weighted by atomic mass is 16.5. The van der Waals surface area contributed by atoms with Crippen molar-refractivity contribution in [1.29, 1.82) is 0 Å². The number of amides is 1. The molecule has 21 heavy (non-hydrogen) atoms. The minimum absolute atomic E-state index is 0.0225. The van der Waals surface area contributed by atoms with Crippen molar-refractivity contribution in [2.75, 3.05) is 19.7 Å². The fourth-order valence-electron chi connectivity index (χ4n) is 2.67. The van der Waals surface area contributed by atoms with Gasteiger partial charge in [0, 0.05) is 6.54 Å². The second-order valence-electron chi connectivity index (χ2n) is 5.61. The van der Waals surface area contributed by atoms with Gasteiger partial charge in [0.1, 0.15) is 0 Å². The highest BCUT2D eigenvalue weighted by Crippen LogP contribution is 2.27. The van der Waals surface area contributed by atoms with Crippen molar-refractivity contribution in [1.82, 2.24) is 4.90 Å². The molecule has 0 spiro atoms. The summed E-state index contributed by atoms with van der Waals surface area (Å²) in [6, 6.07) is 9.63. The molecule has 1 aromatic carbocycles. The number of carbonyl (C=O) groups excluding carboxylic acids is 1. The summed E-state index contributed by atoms with van der Waals surface area (Å²) < 4.78 is 5.17. The molecular weight excluding hydrogens is 270 g/mol. The molecule has 114 valence electrons. The summed E-state index contributed by atoms with van der Waals surface area (Å²) in [5.74, 6) is -1.15. The summed E-state index contributed by atoms with van der Waals surface area (Å²) in [5, 5.41) is 9.04. The number of carbonyl (C=O) groups is 2. The van der Waals surface area contributed by atoms with E-state index in [2.05, 4.69) is 0 Å². The highest BCUT2D eigenvalue weighted by molar-refractivity contribution is 5.85. The maximum atomic E-state index is 12.8. The van der Waals surface area contributed by atoms with Gasteiger partial charge in [0.25, 0.3) is 0 Å². The average Bonchev–Trinajstić information content (AvgIpc) is 2.48. The van der Waals surface area contributed by atoms with E-state index < -0.39 is 12.1 Å². The molecule has 1 saturated heterocycles. The second kappa shape index (κ2) is 6.72. The van der Waals surface area contributed by atoms with Gasteiger partial charge in [-0.1, -0.05) is 44.2 Å². The molecule has 5 nitrogen and oxygen atoms in total. The predicted octanol–water partition coefficient (Wildman–Crippen LogP) is 1.74. The standard InChI is InChI=1S/C16H21NO4/c1-11(2)14(12-6-4-3-5-7-12)15(18)17-8-9-21-13(10-17)16(19)20/h3-7,11,13-14H,8-10H2,1-2H3,(H,19,20). The van der Waals surface area contributed by atoms with Crippen molar-refractivity contribution in [2.24, 2.45) is 5.92 Å². The van der Waals surface area contributed by atoms with E-state index in [1.807, 2.05) is 44.2 Å². The van der Waals surface area contributed by atoms with E-state index in [1.165, 1.54) is 0 Å². The third kappa shape index (κ3) is 3.61. The molecule has 1 N–H and O–H groups in total. The number of hydrogen-bond acceptors (Lipinski definition) is 3. The van der Waals surface area contributed by atoms with Crippen LogP contribution in [0.2, 0.25) is 0 Å². The monoisotopic (exact) mass is 291 g/mol. The molecule has 1 fully saturated rings. The first-order chi connectivity index (χ1) is 10.0. The molecule has 2 unspecified atom stereocenters. The van der Waals surface area contributed by atoms with Gasteiger partial charge in [-0.2, -0.15) is 0 Å². The summed E-state index contributed by atoms with van der Waals surface area (Å²) in [7, 11) is 0. The Labute approximate surface area is 124 Å². The lowest BCUT2D eigenvalue weighted by Crippen LogP contribution is -2.50. The van der Waals surface area contributed by atoms with Crippen molar-refractivity contribution in [2.45, 2.75) is 25.9 Å². The Morgan fingerprint density at radius 1 is 1.29 bits per heavy atom. The van der Waals surface area contributed by atoms with E-state index >= 15 is 0 Å². The Hall–Kier alpha value is -1.88. The molecule has 0 aliphatic carbocycles. The van der Waals surface area contributed by atoms with Crippen molar-refractivity contribution >= 4 is 11.9 Å². The first kappa shape index (κ1) is 15.5. The van der Waals surface area contributed by atoms with Gasteiger partial charge in [-0.25, -0.2) is 4.79 Å². The zero-order valence-corrected chi connectivity index (χ0v) is 12.4. The zero-order valence-electron chi connectivity index (χ0n) is 12.4. The summed E-state index contributed by atoms with van der Waals surface area (Å²) in [6.07, 6.45) is -0.925. The number of aliphatic carboxylic acids is 1. The maximum absolute atomic E-state index is 12.8. The fraction of sp³-hybridized carbons (Fsp3) is 0.500. The van der Waals surface area contributed by atoms with E-state index in [-0.39, 0.29) is 30.9 Å². The van der Waals surface area contributed by atoms with Crippen molar-refractivity contribution in [3.05, 3.63) is 35.9 Å². The van der Waals surface area contributed by atoms with Crippen LogP contribution in [0.25, 0.3) is 0 Å². The number of nitrogens with zero attached hydrogens (tertiary/aromatic N) is 1. The van der Waals surface area contributed by atoms with E-state index in [0.717, 1.165) is 5.56 Å². The van der Waals surface area contributed by atoms with Gasteiger partial charge in [-0.3, -0.25) is 4.79 Å². The first-order valence-electron chi connectivity index (χ1n) is 7.19. The van der Waals surface area contributed by atoms with Crippen molar-refractivity contribution < 1.29 is 19.4 Å². The second-order valence-corrected chi connectivity index (χ2v) is 5.61. The Balaban J connectivity index is 2.17. The quantitative estimate of drug-likeness (QED) is 0.917. The van der Waals surface area contributed by atoms with Crippen molar-refractivity contribution in [3.8, 4) is 0 Å². The van der Waals surface area contributed by atoms with Gasteiger partial charge < -0.3 is 14.7 Å². The van der Waals surface area contributed by atoms with Crippen LogP contribution in [0.15, 0.2) is 30.3 Å². The van der Waals surface area contributed by atoms with Crippen LogP contribution in [0, 0.1) is 5.92 Å². The normalized spacial score (nSPS) is 20.3. The average molecular weight is 291 g/mol. The van der Waals surface area contributed by atoms with Crippen LogP contribution in [0.4, 0.5) is 0 Å². The van der Waals surface area contributed by atoms with Gasteiger partial charge >= 0.3 is 5.97 Å². The van der Waals surface area contributed by atoms with Crippen LogP contribution in [0.1, 0.15) is 25.3 Å². The van der Waals surface area contributed by atoms with Crippen LogP contribution in [0.3, 0.4) is 0 Å². The first-order valence-corrected chi connectivity index (χ1v) is 7.19. The number of carboxylic acids is 1. The Bertz CT molecular complexity index is 500. The van der Waals surface area contributed by atoms with E-state index in [4.69, 9.17) is 9.84 Å². The Morgan fingerprint density at radius 2 is 1.95 bits per heavy atom. The Morgan fingerprint density at radius 3 is 2.52 bits per heavy atom. The minimum Gasteiger partial charge on any atom is -0.479 e. The van der Waals surface area contributed by atoms with Gasteiger partial charge in [0.05, 0.1) is 19.1 Å². The van der Waals surface area contributed by atoms with Gasteiger partial charge in [-0.15, -0.1) is 0 Å². The smallest absolute Gasteiger partial charge is 0.334 e. The Kier molecular flexibility index (Phi) is 4.96. The zero-order chi connectivity index (χ0) is 15.4. The van der Waals surface area contributed by atoms with Crippen LogP contribution >= 0.6 is 0 Å². The van der Waals surface area contributed by atoms with Gasteiger partial charge in [-0.05, 0) is 11.5 Å². The third-order valence-electron chi connectivity index (χ3n) is 3.74. The molecule has 2 rings (SSSR count). The molecule has 1 aliphatic rings. The number of morpholine rings is 1. The summed E-state index contributed by atoms with van der Waals surface area (Å²) >= 11 is 0. The van der Waals surface area contributed by atoms with Crippen molar-refractivity contribution in [3.63, 3.8) is 0 Å². The number of hydrogen-bond donors (Lipinski definition) is 1. The van der Waals surface area contributed by atoms with Gasteiger partial charge in [0.2, 0.25) is 5.91 Å². The van der Waals surface area contributed by atoms with Crippen LogP contribution < -0.4 is 0 Å². The van der Waals surface area contributed by atoms with Crippen LogP contribution in [-0.4, -0.2) is 47.7 Å². The molecule has 1 aromatic rings. The topological polar surface area (TPSA) is 66.8 Å². The lowest BCUT2D eigenvalue weighted by atomic mass is 9.87. The molecule has 1 aliphatic heterocycles. The van der Waals surface area contributed by atoms with Crippen LogP contribution in [0.5, 0.6) is 0 Å². The minimum atomic E-state index is -1.02. The summed E-state index contributed by atoms with van der Waals surface area (Å²) in [4.78, 5) is 25.4. The molecule has 1 amide bonds. The molecule has 2 atom stereocenters. The third-order valence-corrected chi connectivity index (χ3v) is 3.74. The van der Waals surface area contributed by atoms with E-state index in [0.29, 0.717) is 6.54 Å². The molecule has 0 saturated carbocycles. The highest BCUT2D eigenvalue weighted by Gasteiger charge is 2.34. The fourth-order valence-corrected chi connectivity index (χ4v) is 2.67. The number of ether oxygens (including phenoxy) is 1. The SMILES string of the molecule is CC(C)C(C(=O)N1CCOC(C(=O)O)C1)c1ccccc1.